The number of carbonyl (C=O) groups is 3. The molecule has 30 heavy (non-hydrogen) atoms. The van der Waals surface area contributed by atoms with Crippen LogP contribution >= 0.6 is 0 Å². The Hall–Kier alpha value is -2.77. The predicted molar refractivity (Wildman–Crippen MR) is 112 cm³/mol. The Morgan fingerprint density at radius 3 is 2.43 bits per heavy atom. The molecule has 4 rings (SSSR count). The second-order valence-corrected chi connectivity index (χ2v) is 8.39. The smallest absolute Gasteiger partial charge is 0.327 e. The van der Waals surface area contributed by atoms with Gasteiger partial charge in [0.15, 0.2) is 0 Å². The van der Waals surface area contributed by atoms with Crippen LogP contribution < -0.4 is 9.64 Å². The standard InChI is InChI=1S/C22H30N4O4/c1-23-21(29)26(20(28)22(23)9-4-3-5-10-22)16-19(27)25-13-11-24(12-14-25)17-7-6-8-18(15-17)30-2/h6-8,15H,3-5,9-14,16H2,1-2H3. The molecule has 1 spiro atoms. The monoisotopic (exact) mass is 414 g/mol. The van der Waals surface area contributed by atoms with E-state index in [0.29, 0.717) is 39.0 Å². The van der Waals surface area contributed by atoms with Crippen molar-refractivity contribution >= 4 is 23.5 Å². The number of urea groups is 1. The molecule has 2 saturated heterocycles. The van der Waals surface area contributed by atoms with Gasteiger partial charge in [-0.1, -0.05) is 25.3 Å². The first-order chi connectivity index (χ1) is 14.5. The quantitative estimate of drug-likeness (QED) is 0.704. The Balaban J connectivity index is 1.37. The molecule has 2 aliphatic heterocycles. The molecule has 3 aliphatic rings. The maximum Gasteiger partial charge on any atom is 0.327 e. The SMILES string of the molecule is COc1cccc(N2CCN(C(=O)CN3C(=O)N(C)C4(CCCCC4)C3=O)CC2)c1. The zero-order valence-electron chi connectivity index (χ0n) is 17.8. The Kier molecular flexibility index (Phi) is 5.58. The highest BCUT2D eigenvalue weighted by atomic mass is 16.5. The summed E-state index contributed by atoms with van der Waals surface area (Å²) < 4.78 is 5.29. The van der Waals surface area contributed by atoms with Crippen LogP contribution in [0.15, 0.2) is 24.3 Å². The summed E-state index contributed by atoms with van der Waals surface area (Å²) in [6.45, 7) is 2.36. The van der Waals surface area contributed by atoms with Crippen molar-refractivity contribution in [2.75, 3.05) is 51.8 Å². The van der Waals surface area contributed by atoms with Crippen molar-refractivity contribution in [3.8, 4) is 5.75 Å². The molecule has 0 N–H and O–H groups in total. The van der Waals surface area contributed by atoms with E-state index in [9.17, 15) is 14.4 Å². The fourth-order valence-corrected chi connectivity index (χ4v) is 4.93. The Labute approximate surface area is 177 Å². The van der Waals surface area contributed by atoms with Crippen LogP contribution in [0.3, 0.4) is 0 Å². The highest BCUT2D eigenvalue weighted by Crippen LogP contribution is 2.39. The number of likely N-dealkylation sites (N-methyl/N-ethyl adjacent to an activating group) is 1. The molecule has 1 aromatic rings. The summed E-state index contributed by atoms with van der Waals surface area (Å²) in [5, 5.41) is 0. The minimum atomic E-state index is -0.735. The number of methoxy groups -OCH3 is 1. The van der Waals surface area contributed by atoms with Gasteiger partial charge in [0, 0.05) is 45.0 Å². The van der Waals surface area contributed by atoms with E-state index >= 15 is 0 Å². The Morgan fingerprint density at radius 2 is 1.77 bits per heavy atom. The van der Waals surface area contributed by atoms with Gasteiger partial charge in [-0.15, -0.1) is 0 Å². The number of piperazine rings is 1. The van der Waals surface area contributed by atoms with E-state index in [0.717, 1.165) is 30.7 Å². The van der Waals surface area contributed by atoms with Crippen molar-refractivity contribution in [3.63, 3.8) is 0 Å². The molecule has 1 aromatic carbocycles. The van der Waals surface area contributed by atoms with Crippen LogP contribution in [0.1, 0.15) is 32.1 Å². The molecule has 8 heteroatoms. The maximum absolute atomic E-state index is 13.1. The lowest BCUT2D eigenvalue weighted by molar-refractivity contribution is -0.140. The molecule has 0 unspecified atom stereocenters. The minimum Gasteiger partial charge on any atom is -0.497 e. The van der Waals surface area contributed by atoms with E-state index < -0.39 is 5.54 Å². The first kappa shape index (κ1) is 20.5. The molecular weight excluding hydrogens is 384 g/mol. The molecule has 0 atom stereocenters. The third-order valence-electron chi connectivity index (χ3n) is 6.83. The minimum absolute atomic E-state index is 0.164. The first-order valence-electron chi connectivity index (χ1n) is 10.7. The molecular formula is C22H30N4O4. The van der Waals surface area contributed by atoms with Crippen molar-refractivity contribution in [2.24, 2.45) is 0 Å². The number of hydrogen-bond acceptors (Lipinski definition) is 5. The van der Waals surface area contributed by atoms with Crippen molar-refractivity contribution in [1.29, 1.82) is 0 Å². The third-order valence-corrected chi connectivity index (χ3v) is 6.83. The number of nitrogens with zero attached hydrogens (tertiary/aromatic N) is 4. The summed E-state index contributed by atoms with van der Waals surface area (Å²) in [4.78, 5) is 45.4. The van der Waals surface area contributed by atoms with Crippen molar-refractivity contribution < 1.29 is 19.1 Å². The van der Waals surface area contributed by atoms with Crippen LogP contribution in [0.4, 0.5) is 10.5 Å². The lowest BCUT2D eigenvalue weighted by Crippen LogP contribution is -2.52. The van der Waals surface area contributed by atoms with Crippen LogP contribution in [-0.4, -0.2) is 85.0 Å². The van der Waals surface area contributed by atoms with Gasteiger partial charge in [0.25, 0.3) is 5.91 Å². The van der Waals surface area contributed by atoms with Gasteiger partial charge in [0.1, 0.15) is 17.8 Å². The highest BCUT2D eigenvalue weighted by molar-refractivity contribution is 6.09. The summed E-state index contributed by atoms with van der Waals surface area (Å²) >= 11 is 0. The van der Waals surface area contributed by atoms with E-state index in [-0.39, 0.29) is 24.4 Å². The molecule has 162 valence electrons. The molecule has 8 nitrogen and oxygen atoms in total. The summed E-state index contributed by atoms with van der Waals surface area (Å²) in [6, 6.07) is 7.53. The second-order valence-electron chi connectivity index (χ2n) is 8.39. The first-order valence-corrected chi connectivity index (χ1v) is 10.7. The molecule has 3 fully saturated rings. The fourth-order valence-electron chi connectivity index (χ4n) is 4.93. The van der Waals surface area contributed by atoms with Crippen LogP contribution in [0, 0.1) is 0 Å². The van der Waals surface area contributed by atoms with Crippen LogP contribution in [-0.2, 0) is 9.59 Å². The van der Waals surface area contributed by atoms with Gasteiger partial charge < -0.3 is 19.4 Å². The molecule has 4 amide bonds. The lowest BCUT2D eigenvalue weighted by Gasteiger charge is -2.37. The summed E-state index contributed by atoms with van der Waals surface area (Å²) in [5.74, 6) is 0.444. The molecule has 1 aliphatic carbocycles. The fraction of sp³-hybridized carbons (Fsp3) is 0.591. The third kappa shape index (κ3) is 3.48. The van der Waals surface area contributed by atoms with Crippen molar-refractivity contribution in [2.45, 2.75) is 37.6 Å². The van der Waals surface area contributed by atoms with Gasteiger partial charge in [-0.05, 0) is 25.0 Å². The highest BCUT2D eigenvalue weighted by Gasteiger charge is 2.56. The van der Waals surface area contributed by atoms with E-state index in [1.54, 1.807) is 24.0 Å². The van der Waals surface area contributed by atoms with Crippen LogP contribution in [0.5, 0.6) is 5.75 Å². The molecule has 0 bridgehead atoms. The van der Waals surface area contributed by atoms with Crippen LogP contribution in [0.2, 0.25) is 0 Å². The number of hydrogen-bond donors (Lipinski definition) is 0. The summed E-state index contributed by atoms with van der Waals surface area (Å²) in [7, 11) is 3.34. The normalized spacial score (nSPS) is 21.5. The van der Waals surface area contributed by atoms with Gasteiger partial charge in [-0.25, -0.2) is 4.79 Å². The summed E-state index contributed by atoms with van der Waals surface area (Å²) in [6.07, 6.45) is 4.36. The number of anilines is 1. The zero-order chi connectivity index (χ0) is 21.3. The van der Waals surface area contributed by atoms with Gasteiger partial charge in [0.05, 0.1) is 7.11 Å². The second kappa shape index (κ2) is 8.16. The Morgan fingerprint density at radius 1 is 1.07 bits per heavy atom. The average molecular weight is 415 g/mol. The van der Waals surface area contributed by atoms with E-state index in [2.05, 4.69) is 4.90 Å². The van der Waals surface area contributed by atoms with E-state index in [1.807, 2.05) is 24.3 Å². The zero-order valence-corrected chi connectivity index (χ0v) is 17.8. The maximum atomic E-state index is 13.1. The molecule has 2 heterocycles. The van der Waals surface area contributed by atoms with Crippen molar-refractivity contribution in [3.05, 3.63) is 24.3 Å². The number of ether oxygens (including phenoxy) is 1. The Bertz CT molecular complexity index is 828. The number of rotatable bonds is 4. The number of imide groups is 1. The lowest BCUT2D eigenvalue weighted by atomic mass is 9.81. The van der Waals surface area contributed by atoms with Crippen LogP contribution in [0.25, 0.3) is 0 Å². The number of amides is 4. The molecule has 1 saturated carbocycles. The summed E-state index contributed by atoms with van der Waals surface area (Å²) in [5.41, 5.74) is 0.327. The number of benzene rings is 1. The predicted octanol–water partition coefficient (Wildman–Crippen LogP) is 1.94. The van der Waals surface area contributed by atoms with Crippen molar-refractivity contribution in [1.82, 2.24) is 14.7 Å². The van der Waals surface area contributed by atoms with Gasteiger partial charge in [-0.3, -0.25) is 14.5 Å². The van der Waals surface area contributed by atoms with E-state index in [1.165, 1.54) is 4.90 Å². The number of carbonyl (C=O) groups excluding carboxylic acids is 3. The van der Waals surface area contributed by atoms with Gasteiger partial charge >= 0.3 is 6.03 Å². The topological polar surface area (TPSA) is 73.4 Å². The largest absolute Gasteiger partial charge is 0.497 e. The molecule has 0 aromatic heterocycles. The van der Waals surface area contributed by atoms with Gasteiger partial charge in [-0.2, -0.15) is 0 Å². The average Bonchev–Trinajstić information content (AvgIpc) is 2.96. The molecule has 0 radical (unpaired) electrons. The van der Waals surface area contributed by atoms with Gasteiger partial charge in [0.2, 0.25) is 5.91 Å². The van der Waals surface area contributed by atoms with E-state index in [4.69, 9.17) is 4.74 Å².